The van der Waals surface area contributed by atoms with Crippen molar-refractivity contribution in [1.82, 2.24) is 5.32 Å². The number of benzene rings is 1. The quantitative estimate of drug-likeness (QED) is 0.875. The summed E-state index contributed by atoms with van der Waals surface area (Å²) in [6, 6.07) is 6.07. The normalized spacial score (nSPS) is 24.5. The average Bonchev–Trinajstić information content (AvgIpc) is 2.88. The molecule has 1 aliphatic carbocycles. The molecule has 0 spiro atoms. The number of β-amino-alcohol motifs (C(OH)–C–C–N with tert-alkyl or cyclic N) is 1. The van der Waals surface area contributed by atoms with Crippen LogP contribution in [0, 0.1) is 0 Å². The average molecular weight is 319 g/mol. The van der Waals surface area contributed by atoms with E-state index in [1.165, 1.54) is 24.8 Å². The molecule has 0 bridgehead atoms. The number of aliphatic hydroxyl groups is 1. The SMILES string of the molecule is CC(C)(C)NCC(O)COc1ccc2c(c1)C1CCCCC1O2. The van der Waals surface area contributed by atoms with Crippen molar-refractivity contribution >= 4 is 0 Å². The summed E-state index contributed by atoms with van der Waals surface area (Å²) in [4.78, 5) is 0. The first-order valence-electron chi connectivity index (χ1n) is 8.79. The summed E-state index contributed by atoms with van der Waals surface area (Å²) in [5.74, 6) is 2.37. The molecule has 2 aliphatic rings. The molecule has 1 aliphatic heterocycles. The van der Waals surface area contributed by atoms with Gasteiger partial charge in [-0.05, 0) is 58.2 Å². The first-order valence-corrected chi connectivity index (χ1v) is 8.79. The van der Waals surface area contributed by atoms with Crippen molar-refractivity contribution < 1.29 is 14.6 Å². The van der Waals surface area contributed by atoms with Crippen molar-refractivity contribution in [2.75, 3.05) is 13.2 Å². The topological polar surface area (TPSA) is 50.7 Å². The van der Waals surface area contributed by atoms with Crippen LogP contribution in [0.4, 0.5) is 0 Å². The molecule has 3 rings (SSSR count). The maximum absolute atomic E-state index is 10.0. The maximum atomic E-state index is 10.0. The predicted octanol–water partition coefficient (Wildman–Crippen LogP) is 3.23. The van der Waals surface area contributed by atoms with Gasteiger partial charge in [0.2, 0.25) is 0 Å². The molecule has 0 saturated heterocycles. The van der Waals surface area contributed by atoms with Gasteiger partial charge in [0.1, 0.15) is 30.3 Å². The molecule has 3 atom stereocenters. The van der Waals surface area contributed by atoms with E-state index in [1.807, 2.05) is 12.1 Å². The molecule has 0 aromatic heterocycles. The Morgan fingerprint density at radius 2 is 2.09 bits per heavy atom. The number of hydrogen-bond donors (Lipinski definition) is 2. The molecule has 1 aromatic rings. The first kappa shape index (κ1) is 16.6. The smallest absolute Gasteiger partial charge is 0.123 e. The van der Waals surface area contributed by atoms with Gasteiger partial charge in [-0.2, -0.15) is 0 Å². The molecule has 3 unspecified atom stereocenters. The fourth-order valence-electron chi connectivity index (χ4n) is 3.45. The number of aliphatic hydroxyl groups excluding tert-OH is 1. The minimum absolute atomic E-state index is 0.00187. The predicted molar refractivity (Wildman–Crippen MR) is 91.3 cm³/mol. The fourth-order valence-corrected chi connectivity index (χ4v) is 3.45. The van der Waals surface area contributed by atoms with Gasteiger partial charge in [0.15, 0.2) is 0 Å². The lowest BCUT2D eigenvalue weighted by Crippen LogP contribution is -2.42. The molecule has 4 nitrogen and oxygen atoms in total. The van der Waals surface area contributed by atoms with Crippen LogP contribution in [-0.4, -0.2) is 36.0 Å². The van der Waals surface area contributed by atoms with E-state index in [0.29, 0.717) is 25.2 Å². The minimum Gasteiger partial charge on any atom is -0.491 e. The van der Waals surface area contributed by atoms with Gasteiger partial charge in [-0.15, -0.1) is 0 Å². The monoisotopic (exact) mass is 319 g/mol. The van der Waals surface area contributed by atoms with E-state index in [1.54, 1.807) is 0 Å². The van der Waals surface area contributed by atoms with Crippen molar-refractivity contribution in [3.63, 3.8) is 0 Å². The zero-order chi connectivity index (χ0) is 16.4. The molecule has 4 heteroatoms. The lowest BCUT2D eigenvalue weighted by molar-refractivity contribution is 0.1000. The van der Waals surface area contributed by atoms with Crippen LogP contribution < -0.4 is 14.8 Å². The third-order valence-corrected chi connectivity index (χ3v) is 4.67. The lowest BCUT2D eigenvalue weighted by atomic mass is 9.83. The molecule has 128 valence electrons. The van der Waals surface area contributed by atoms with Crippen LogP contribution in [0.5, 0.6) is 11.5 Å². The second-order valence-corrected chi connectivity index (χ2v) is 7.84. The molecule has 1 fully saturated rings. The highest BCUT2D eigenvalue weighted by Gasteiger charge is 2.36. The molecule has 1 saturated carbocycles. The van der Waals surface area contributed by atoms with E-state index in [0.717, 1.165) is 17.9 Å². The summed E-state index contributed by atoms with van der Waals surface area (Å²) in [6.45, 7) is 7.09. The van der Waals surface area contributed by atoms with Gasteiger partial charge in [-0.1, -0.05) is 6.42 Å². The van der Waals surface area contributed by atoms with Crippen molar-refractivity contribution in [3.05, 3.63) is 23.8 Å². The van der Waals surface area contributed by atoms with Crippen molar-refractivity contribution in [2.24, 2.45) is 0 Å². The number of ether oxygens (including phenoxy) is 2. The Hall–Kier alpha value is -1.26. The van der Waals surface area contributed by atoms with Gasteiger partial charge in [0, 0.05) is 23.6 Å². The molecule has 2 N–H and O–H groups in total. The lowest BCUT2D eigenvalue weighted by Gasteiger charge is -2.24. The molecule has 0 amide bonds. The van der Waals surface area contributed by atoms with Crippen LogP contribution in [0.1, 0.15) is 57.9 Å². The minimum atomic E-state index is -0.513. The Morgan fingerprint density at radius 1 is 1.30 bits per heavy atom. The molecule has 23 heavy (non-hydrogen) atoms. The molecule has 1 aromatic carbocycles. The van der Waals surface area contributed by atoms with Crippen LogP contribution in [0.2, 0.25) is 0 Å². The van der Waals surface area contributed by atoms with Crippen molar-refractivity contribution in [2.45, 2.75) is 70.1 Å². The Labute approximate surface area is 139 Å². The van der Waals surface area contributed by atoms with Gasteiger partial charge in [0.05, 0.1) is 0 Å². The Morgan fingerprint density at radius 3 is 2.87 bits per heavy atom. The highest BCUT2D eigenvalue weighted by atomic mass is 16.5. The van der Waals surface area contributed by atoms with Gasteiger partial charge in [-0.3, -0.25) is 0 Å². The second-order valence-electron chi connectivity index (χ2n) is 7.84. The van der Waals surface area contributed by atoms with Crippen LogP contribution in [0.3, 0.4) is 0 Å². The molecular formula is C19H29NO3. The first-order chi connectivity index (χ1) is 10.9. The van der Waals surface area contributed by atoms with Crippen LogP contribution in [-0.2, 0) is 0 Å². The van der Waals surface area contributed by atoms with Gasteiger partial charge < -0.3 is 19.9 Å². The van der Waals surface area contributed by atoms with Gasteiger partial charge in [0.25, 0.3) is 0 Å². The van der Waals surface area contributed by atoms with E-state index in [4.69, 9.17) is 9.47 Å². The summed E-state index contributed by atoms with van der Waals surface area (Å²) in [7, 11) is 0. The maximum Gasteiger partial charge on any atom is 0.123 e. The molecule has 0 radical (unpaired) electrons. The third-order valence-electron chi connectivity index (χ3n) is 4.67. The standard InChI is InChI=1S/C19H29NO3/c1-19(2,3)20-11-13(21)12-22-14-8-9-18-16(10-14)15-6-4-5-7-17(15)23-18/h8-10,13,15,17,20-21H,4-7,11-12H2,1-3H3. The van der Waals surface area contributed by atoms with Crippen LogP contribution >= 0.6 is 0 Å². The molecule has 1 heterocycles. The number of rotatable bonds is 5. The van der Waals surface area contributed by atoms with Crippen LogP contribution in [0.25, 0.3) is 0 Å². The Bertz CT molecular complexity index is 538. The van der Waals surface area contributed by atoms with Crippen LogP contribution in [0.15, 0.2) is 18.2 Å². The third kappa shape index (κ3) is 4.18. The van der Waals surface area contributed by atoms with E-state index < -0.39 is 6.10 Å². The van der Waals surface area contributed by atoms with Crippen molar-refractivity contribution in [3.8, 4) is 11.5 Å². The Balaban J connectivity index is 1.56. The summed E-state index contributed by atoms with van der Waals surface area (Å²) in [5.41, 5.74) is 1.29. The summed E-state index contributed by atoms with van der Waals surface area (Å²) >= 11 is 0. The number of fused-ring (bicyclic) bond motifs is 3. The number of nitrogens with one attached hydrogen (secondary N) is 1. The van der Waals surface area contributed by atoms with E-state index in [2.05, 4.69) is 32.2 Å². The largest absolute Gasteiger partial charge is 0.491 e. The highest BCUT2D eigenvalue weighted by Crippen LogP contribution is 2.46. The molecular weight excluding hydrogens is 290 g/mol. The van der Waals surface area contributed by atoms with E-state index >= 15 is 0 Å². The van der Waals surface area contributed by atoms with Crippen molar-refractivity contribution in [1.29, 1.82) is 0 Å². The second kappa shape index (κ2) is 6.70. The summed E-state index contributed by atoms with van der Waals surface area (Å²) in [5, 5.41) is 13.3. The van der Waals surface area contributed by atoms with E-state index in [-0.39, 0.29) is 5.54 Å². The zero-order valence-corrected chi connectivity index (χ0v) is 14.5. The fraction of sp³-hybridized carbons (Fsp3) is 0.684. The number of hydrogen-bond acceptors (Lipinski definition) is 4. The Kier molecular flexibility index (Phi) is 4.83. The van der Waals surface area contributed by atoms with Gasteiger partial charge in [-0.25, -0.2) is 0 Å². The van der Waals surface area contributed by atoms with E-state index in [9.17, 15) is 5.11 Å². The highest BCUT2D eigenvalue weighted by molar-refractivity contribution is 5.46. The summed E-state index contributed by atoms with van der Waals surface area (Å²) < 4.78 is 11.8. The summed E-state index contributed by atoms with van der Waals surface area (Å²) in [6.07, 6.45) is 4.76. The van der Waals surface area contributed by atoms with Gasteiger partial charge >= 0.3 is 0 Å². The zero-order valence-electron chi connectivity index (χ0n) is 14.5.